The number of halogens is 5. The molecular formula is C4H3F5O. The lowest BCUT2D eigenvalue weighted by atomic mass is 10.2. The average molecular weight is 162 g/mol. The molecule has 6 heteroatoms. The van der Waals surface area contributed by atoms with E-state index in [1.165, 1.54) is 0 Å². The summed E-state index contributed by atoms with van der Waals surface area (Å²) in [5, 5.41) is 0. The van der Waals surface area contributed by atoms with Gasteiger partial charge < -0.3 is 0 Å². The van der Waals surface area contributed by atoms with Crippen LogP contribution in [-0.2, 0) is 4.79 Å². The Labute approximate surface area is 52.8 Å². The zero-order chi connectivity index (χ0) is 8.36. The highest BCUT2D eigenvalue weighted by Crippen LogP contribution is 2.27. The second-order valence-electron chi connectivity index (χ2n) is 1.51. The maximum Gasteiger partial charge on any atom is 0.344 e. The van der Waals surface area contributed by atoms with Gasteiger partial charge in [-0.25, -0.2) is 13.2 Å². The van der Waals surface area contributed by atoms with Gasteiger partial charge in [-0.2, -0.15) is 8.78 Å². The molecule has 0 aliphatic heterocycles. The van der Waals surface area contributed by atoms with Gasteiger partial charge in [-0.3, -0.25) is 4.79 Å². The molecule has 0 saturated carbocycles. The Balaban J connectivity index is 4.22. The van der Waals surface area contributed by atoms with Crippen molar-refractivity contribution in [3.8, 4) is 0 Å². The van der Waals surface area contributed by atoms with E-state index in [1.807, 2.05) is 0 Å². The minimum absolute atomic E-state index is 0.855. The largest absolute Gasteiger partial charge is 0.344 e. The molecule has 0 aromatic rings. The number of hydrogen-bond acceptors (Lipinski definition) is 1. The summed E-state index contributed by atoms with van der Waals surface area (Å²) in [5.41, 5.74) is 0. The molecule has 0 saturated heterocycles. The predicted molar refractivity (Wildman–Crippen MR) is 21.9 cm³/mol. The minimum atomic E-state index is -4.86. The van der Waals surface area contributed by atoms with Gasteiger partial charge in [0.2, 0.25) is 6.17 Å². The summed E-state index contributed by atoms with van der Waals surface area (Å²) in [6.07, 6.45) is -8.42. The molecule has 0 aromatic heterocycles. The summed E-state index contributed by atoms with van der Waals surface area (Å²) in [6.45, 7) is 0. The molecule has 0 aliphatic rings. The number of carbonyl (C=O) groups is 1. The first-order chi connectivity index (χ1) is 4.42. The third kappa shape index (κ3) is 1.65. The van der Waals surface area contributed by atoms with Gasteiger partial charge in [-0.15, -0.1) is 0 Å². The first-order valence-electron chi connectivity index (χ1n) is 2.18. The molecule has 0 amide bonds. The number of rotatable bonds is 3. The lowest BCUT2D eigenvalue weighted by Gasteiger charge is -2.14. The summed E-state index contributed by atoms with van der Waals surface area (Å²) in [6, 6.07) is 0. The van der Waals surface area contributed by atoms with Crippen LogP contribution in [0.25, 0.3) is 0 Å². The van der Waals surface area contributed by atoms with Crippen molar-refractivity contribution < 1.29 is 26.7 Å². The third-order valence-corrected chi connectivity index (χ3v) is 0.778. The van der Waals surface area contributed by atoms with Crippen LogP contribution in [0.4, 0.5) is 22.0 Å². The van der Waals surface area contributed by atoms with E-state index in [2.05, 4.69) is 0 Å². The van der Waals surface area contributed by atoms with Crippen LogP contribution >= 0.6 is 0 Å². The van der Waals surface area contributed by atoms with E-state index in [4.69, 9.17) is 0 Å². The Kier molecular flexibility index (Phi) is 2.74. The summed E-state index contributed by atoms with van der Waals surface area (Å²) < 4.78 is 56.9. The van der Waals surface area contributed by atoms with Crippen molar-refractivity contribution in [2.75, 3.05) is 0 Å². The molecule has 0 fully saturated rings. The zero-order valence-electron chi connectivity index (χ0n) is 4.53. The Morgan fingerprint density at radius 3 is 1.70 bits per heavy atom. The van der Waals surface area contributed by atoms with Gasteiger partial charge >= 0.3 is 12.3 Å². The van der Waals surface area contributed by atoms with E-state index in [-0.39, 0.29) is 0 Å². The second-order valence-corrected chi connectivity index (χ2v) is 1.51. The molecule has 0 spiro atoms. The molecule has 0 rings (SSSR count). The van der Waals surface area contributed by atoms with E-state index in [0.717, 1.165) is 0 Å². The Hall–Kier alpha value is -0.680. The van der Waals surface area contributed by atoms with Crippen molar-refractivity contribution in [1.82, 2.24) is 0 Å². The van der Waals surface area contributed by atoms with Crippen molar-refractivity contribution in [3.05, 3.63) is 0 Å². The Morgan fingerprint density at radius 2 is 1.60 bits per heavy atom. The van der Waals surface area contributed by atoms with Crippen LogP contribution in [0.5, 0.6) is 0 Å². The summed E-state index contributed by atoms with van der Waals surface area (Å²) >= 11 is 0. The smallest absolute Gasteiger partial charge is 0.300 e. The zero-order valence-corrected chi connectivity index (χ0v) is 4.53. The summed E-state index contributed by atoms with van der Waals surface area (Å²) in [5.74, 6) is -4.86. The summed E-state index contributed by atoms with van der Waals surface area (Å²) in [4.78, 5) is 9.27. The van der Waals surface area contributed by atoms with Crippen molar-refractivity contribution in [2.24, 2.45) is 0 Å². The van der Waals surface area contributed by atoms with E-state index in [9.17, 15) is 26.7 Å². The highest BCUT2D eigenvalue weighted by Gasteiger charge is 2.49. The van der Waals surface area contributed by atoms with Crippen molar-refractivity contribution in [1.29, 1.82) is 0 Å². The fraction of sp³-hybridized carbons (Fsp3) is 0.750. The van der Waals surface area contributed by atoms with Gasteiger partial charge in [-0.1, -0.05) is 0 Å². The minimum Gasteiger partial charge on any atom is -0.300 e. The summed E-state index contributed by atoms with van der Waals surface area (Å²) in [7, 11) is 0. The van der Waals surface area contributed by atoms with Crippen LogP contribution in [0.1, 0.15) is 0 Å². The third-order valence-electron chi connectivity index (χ3n) is 0.778. The van der Waals surface area contributed by atoms with Crippen LogP contribution in [0.2, 0.25) is 0 Å². The van der Waals surface area contributed by atoms with E-state index in [0.29, 0.717) is 0 Å². The lowest BCUT2D eigenvalue weighted by Crippen LogP contribution is -2.38. The first-order valence-corrected chi connectivity index (χ1v) is 2.18. The van der Waals surface area contributed by atoms with Crippen LogP contribution < -0.4 is 0 Å². The molecule has 10 heavy (non-hydrogen) atoms. The first kappa shape index (κ1) is 9.32. The predicted octanol–water partition coefficient (Wildman–Crippen LogP) is 1.42. The van der Waals surface area contributed by atoms with Gasteiger partial charge in [0.25, 0.3) is 0 Å². The average Bonchev–Trinajstić information content (AvgIpc) is 1.86. The van der Waals surface area contributed by atoms with Crippen molar-refractivity contribution >= 4 is 6.29 Å². The Morgan fingerprint density at radius 1 is 1.20 bits per heavy atom. The molecule has 0 aromatic carbocycles. The number of hydrogen-bond donors (Lipinski definition) is 0. The topological polar surface area (TPSA) is 17.1 Å². The highest BCUT2D eigenvalue weighted by atomic mass is 19.3. The fourth-order valence-electron chi connectivity index (χ4n) is 0.211. The molecule has 1 nitrogen and oxygen atoms in total. The van der Waals surface area contributed by atoms with Gasteiger partial charge in [0.15, 0.2) is 6.29 Å². The standard InChI is InChI=1S/C4H3F5O/c5-2(1-10)4(8,9)3(6)7/h1-3H. The van der Waals surface area contributed by atoms with Gasteiger partial charge in [0.05, 0.1) is 0 Å². The van der Waals surface area contributed by atoms with Crippen molar-refractivity contribution in [3.63, 3.8) is 0 Å². The number of carbonyl (C=O) groups excluding carboxylic acids is 1. The van der Waals surface area contributed by atoms with Crippen LogP contribution in [0, 0.1) is 0 Å². The molecular weight excluding hydrogens is 159 g/mol. The van der Waals surface area contributed by atoms with Crippen molar-refractivity contribution in [2.45, 2.75) is 18.5 Å². The van der Waals surface area contributed by atoms with E-state index < -0.39 is 24.8 Å². The molecule has 1 atom stereocenters. The molecule has 1 unspecified atom stereocenters. The number of alkyl halides is 5. The normalized spacial score (nSPS) is 15.4. The quantitative estimate of drug-likeness (QED) is 0.453. The monoisotopic (exact) mass is 162 g/mol. The second kappa shape index (κ2) is 2.94. The fourth-order valence-corrected chi connectivity index (χ4v) is 0.211. The van der Waals surface area contributed by atoms with E-state index >= 15 is 0 Å². The number of aldehydes is 1. The Bertz CT molecular complexity index is 123. The van der Waals surface area contributed by atoms with Crippen LogP contribution in [0.3, 0.4) is 0 Å². The highest BCUT2D eigenvalue weighted by molar-refractivity contribution is 5.57. The molecule has 0 N–H and O–H groups in total. The van der Waals surface area contributed by atoms with Crippen LogP contribution in [0.15, 0.2) is 0 Å². The molecule has 60 valence electrons. The molecule has 0 radical (unpaired) electrons. The van der Waals surface area contributed by atoms with Gasteiger partial charge in [0.1, 0.15) is 0 Å². The molecule has 0 bridgehead atoms. The SMILES string of the molecule is O=CC(F)C(F)(F)C(F)F. The molecule has 0 heterocycles. The van der Waals surface area contributed by atoms with Gasteiger partial charge in [-0.05, 0) is 0 Å². The maximum absolute atomic E-state index is 11.6. The maximum atomic E-state index is 11.6. The van der Waals surface area contributed by atoms with Crippen LogP contribution in [-0.4, -0.2) is 24.8 Å². The van der Waals surface area contributed by atoms with Gasteiger partial charge in [0, 0.05) is 0 Å². The van der Waals surface area contributed by atoms with E-state index in [1.54, 1.807) is 0 Å². The molecule has 0 aliphatic carbocycles. The lowest BCUT2D eigenvalue weighted by molar-refractivity contribution is -0.171.